The molecule has 0 aliphatic heterocycles. The monoisotopic (exact) mass is 479 g/mol. The highest BCUT2D eigenvalue weighted by molar-refractivity contribution is 6.38. The summed E-state index contributed by atoms with van der Waals surface area (Å²) in [5.41, 5.74) is 9.43. The van der Waals surface area contributed by atoms with E-state index in [9.17, 15) is 4.79 Å². The number of para-hydroxylation sites is 1. The summed E-state index contributed by atoms with van der Waals surface area (Å²) < 4.78 is 6.10. The van der Waals surface area contributed by atoms with E-state index in [1.165, 1.54) is 0 Å². The normalized spacial score (nSPS) is 10.9. The van der Waals surface area contributed by atoms with E-state index < -0.39 is 0 Å². The van der Waals surface area contributed by atoms with Crippen LogP contribution in [0, 0.1) is 6.92 Å². The minimum absolute atomic E-state index is 0.121. The predicted octanol–water partition coefficient (Wildman–Crippen LogP) is 5.92. The molecule has 0 saturated carbocycles. The van der Waals surface area contributed by atoms with E-state index in [0.29, 0.717) is 33.6 Å². The van der Waals surface area contributed by atoms with Crippen molar-refractivity contribution in [2.75, 3.05) is 11.4 Å². The predicted molar refractivity (Wildman–Crippen MR) is 134 cm³/mol. The van der Waals surface area contributed by atoms with E-state index in [-0.39, 0.29) is 19.1 Å². The van der Waals surface area contributed by atoms with Gasteiger partial charge < -0.3 is 15.4 Å². The van der Waals surface area contributed by atoms with Crippen molar-refractivity contribution in [2.45, 2.75) is 20.1 Å². The smallest absolute Gasteiger partial charge is 0.241 e. The molecule has 1 amide bonds. The molecule has 7 heteroatoms. The van der Waals surface area contributed by atoms with Crippen LogP contribution in [0.3, 0.4) is 0 Å². The molecule has 0 aliphatic carbocycles. The summed E-state index contributed by atoms with van der Waals surface area (Å²) in [5, 5.41) is 1.78. The second kappa shape index (κ2) is 10.2. The fourth-order valence-corrected chi connectivity index (χ4v) is 4.18. The molecule has 0 atom stereocenters. The number of ether oxygens (including phenoxy) is 1. The second-order valence-corrected chi connectivity index (χ2v) is 8.38. The number of benzene rings is 3. The van der Waals surface area contributed by atoms with Crippen LogP contribution in [0.15, 0.2) is 72.8 Å². The zero-order valence-corrected chi connectivity index (χ0v) is 19.6. The first-order chi connectivity index (χ1) is 16.0. The summed E-state index contributed by atoms with van der Waals surface area (Å²) in [6, 6.07) is 22.8. The summed E-state index contributed by atoms with van der Waals surface area (Å²) in [6.07, 6.45) is 0. The fourth-order valence-electron chi connectivity index (χ4n) is 3.59. The van der Waals surface area contributed by atoms with Crippen LogP contribution in [0.2, 0.25) is 10.0 Å². The first-order valence-electron chi connectivity index (χ1n) is 10.5. The number of hydrogen-bond acceptors (Lipinski definition) is 4. The van der Waals surface area contributed by atoms with Gasteiger partial charge in [-0.1, -0.05) is 71.7 Å². The third kappa shape index (κ3) is 5.11. The lowest BCUT2D eigenvalue weighted by molar-refractivity contribution is -0.117. The van der Waals surface area contributed by atoms with Crippen molar-refractivity contribution < 1.29 is 9.53 Å². The number of nitrogens with two attached hydrogens (primary N) is 1. The van der Waals surface area contributed by atoms with E-state index >= 15 is 0 Å². The van der Waals surface area contributed by atoms with Crippen molar-refractivity contribution in [1.82, 2.24) is 4.98 Å². The molecule has 3 aromatic carbocycles. The lowest BCUT2D eigenvalue weighted by Crippen LogP contribution is -2.35. The van der Waals surface area contributed by atoms with Gasteiger partial charge in [-0.2, -0.15) is 0 Å². The van der Waals surface area contributed by atoms with Crippen molar-refractivity contribution >= 4 is 45.7 Å². The number of aryl methyl sites for hydroxylation is 1. The number of carbonyl (C=O) groups is 1. The lowest BCUT2D eigenvalue weighted by Gasteiger charge is -2.25. The Balaban J connectivity index is 1.66. The van der Waals surface area contributed by atoms with Gasteiger partial charge in [0, 0.05) is 21.7 Å². The Labute approximate surface area is 202 Å². The van der Waals surface area contributed by atoms with Crippen LogP contribution in [0.1, 0.15) is 16.8 Å². The topological polar surface area (TPSA) is 68.5 Å². The van der Waals surface area contributed by atoms with Crippen molar-refractivity contribution in [3.05, 3.63) is 99.7 Å². The van der Waals surface area contributed by atoms with Crippen molar-refractivity contribution in [3.8, 4) is 5.75 Å². The van der Waals surface area contributed by atoms with Gasteiger partial charge in [0.25, 0.3) is 0 Å². The van der Waals surface area contributed by atoms with Gasteiger partial charge in [0.1, 0.15) is 17.9 Å². The van der Waals surface area contributed by atoms with Crippen molar-refractivity contribution in [3.63, 3.8) is 0 Å². The number of nitrogens with zero attached hydrogens (tertiary/aromatic N) is 2. The maximum atomic E-state index is 12.7. The molecule has 0 radical (unpaired) electrons. The first-order valence-corrected chi connectivity index (χ1v) is 11.2. The maximum absolute atomic E-state index is 12.7. The molecule has 0 saturated heterocycles. The quantitative estimate of drug-likeness (QED) is 0.357. The molecule has 0 unspecified atom stereocenters. The van der Waals surface area contributed by atoms with E-state index in [4.69, 9.17) is 33.7 Å². The summed E-state index contributed by atoms with van der Waals surface area (Å²) in [6.45, 7) is 2.25. The molecular weight excluding hydrogens is 457 g/mol. The number of hydrogen-bond donors (Lipinski definition) is 1. The van der Waals surface area contributed by atoms with Gasteiger partial charge in [-0.15, -0.1) is 0 Å². The average Bonchev–Trinajstić information content (AvgIpc) is 2.83. The maximum Gasteiger partial charge on any atom is 0.241 e. The van der Waals surface area contributed by atoms with Crippen molar-refractivity contribution in [1.29, 1.82) is 0 Å². The highest BCUT2D eigenvalue weighted by Crippen LogP contribution is 2.36. The van der Waals surface area contributed by atoms with Gasteiger partial charge >= 0.3 is 0 Å². The largest absolute Gasteiger partial charge is 0.487 e. The zero-order chi connectivity index (χ0) is 23.4. The zero-order valence-electron chi connectivity index (χ0n) is 18.1. The van der Waals surface area contributed by atoms with Gasteiger partial charge in [-0.25, -0.2) is 4.98 Å². The summed E-state index contributed by atoms with van der Waals surface area (Å²) in [4.78, 5) is 18.9. The minimum atomic E-state index is -0.247. The van der Waals surface area contributed by atoms with Crippen LogP contribution in [0.25, 0.3) is 10.9 Å². The van der Waals surface area contributed by atoms with Crippen LogP contribution in [0.4, 0.5) is 5.69 Å². The molecule has 0 aliphatic rings. The molecular formula is C26H23Cl2N3O2. The molecule has 0 bridgehead atoms. The standard InChI is InChI=1S/C26H23Cl2N3O2/c1-17-10-11-19-8-5-9-23(26(19)30-17)33-16-20-21(27)12-13-22(25(20)28)31(24(32)14-29)15-18-6-3-2-4-7-18/h2-13H,14-16,29H2,1H3. The van der Waals surface area contributed by atoms with Crippen LogP contribution in [-0.4, -0.2) is 17.4 Å². The SMILES string of the molecule is Cc1ccc2cccc(OCc3c(Cl)ccc(N(Cc4ccccc4)C(=O)CN)c3Cl)c2n1. The van der Waals surface area contributed by atoms with Gasteiger partial charge in [0.2, 0.25) is 5.91 Å². The molecule has 1 aromatic heterocycles. The van der Waals surface area contributed by atoms with Gasteiger partial charge in [0.05, 0.1) is 23.8 Å². The Morgan fingerprint density at radius 3 is 2.55 bits per heavy atom. The molecule has 5 nitrogen and oxygen atoms in total. The van der Waals surface area contributed by atoms with E-state index in [2.05, 4.69) is 4.98 Å². The van der Waals surface area contributed by atoms with Crippen LogP contribution < -0.4 is 15.4 Å². The van der Waals surface area contributed by atoms with Gasteiger partial charge in [-0.05, 0) is 36.8 Å². The molecule has 0 fully saturated rings. The number of anilines is 1. The Hall–Kier alpha value is -3.12. The van der Waals surface area contributed by atoms with E-state index in [1.807, 2.05) is 67.6 Å². The summed E-state index contributed by atoms with van der Waals surface area (Å²) in [7, 11) is 0. The number of halogens is 2. The summed E-state index contributed by atoms with van der Waals surface area (Å²) >= 11 is 13.3. The molecule has 2 N–H and O–H groups in total. The molecule has 1 heterocycles. The van der Waals surface area contributed by atoms with Crippen LogP contribution in [0.5, 0.6) is 5.75 Å². The Morgan fingerprint density at radius 1 is 1.00 bits per heavy atom. The van der Waals surface area contributed by atoms with Gasteiger partial charge in [0.15, 0.2) is 0 Å². The third-order valence-electron chi connectivity index (χ3n) is 5.31. The number of rotatable bonds is 7. The second-order valence-electron chi connectivity index (χ2n) is 7.60. The number of amides is 1. The number of aromatic nitrogens is 1. The molecule has 4 rings (SSSR count). The highest BCUT2D eigenvalue weighted by Gasteiger charge is 2.21. The number of carbonyl (C=O) groups excluding carboxylic acids is 1. The van der Waals surface area contributed by atoms with Gasteiger partial charge in [-0.3, -0.25) is 4.79 Å². The summed E-state index contributed by atoms with van der Waals surface area (Å²) in [5.74, 6) is 0.386. The Morgan fingerprint density at radius 2 is 1.79 bits per heavy atom. The third-order valence-corrected chi connectivity index (χ3v) is 6.09. The van der Waals surface area contributed by atoms with Crippen molar-refractivity contribution in [2.24, 2.45) is 5.73 Å². The van der Waals surface area contributed by atoms with Crippen LogP contribution >= 0.6 is 23.2 Å². The Kier molecular flexibility index (Phi) is 7.14. The molecule has 33 heavy (non-hydrogen) atoms. The molecule has 4 aromatic rings. The number of pyridine rings is 1. The molecule has 168 valence electrons. The fraction of sp³-hybridized carbons (Fsp3) is 0.154. The highest BCUT2D eigenvalue weighted by atomic mass is 35.5. The van der Waals surface area contributed by atoms with Crippen LogP contribution in [-0.2, 0) is 17.9 Å². The van der Waals surface area contributed by atoms with E-state index in [0.717, 1.165) is 22.2 Å². The molecule has 0 spiro atoms. The minimum Gasteiger partial charge on any atom is -0.487 e. The lowest BCUT2D eigenvalue weighted by atomic mass is 10.1. The Bertz CT molecular complexity index is 1300. The van der Waals surface area contributed by atoms with E-state index in [1.54, 1.807) is 17.0 Å². The number of fused-ring (bicyclic) bond motifs is 1. The first kappa shape index (κ1) is 23.1. The average molecular weight is 480 g/mol.